The van der Waals surface area contributed by atoms with Gasteiger partial charge in [-0.3, -0.25) is 4.74 Å². The summed E-state index contributed by atoms with van der Waals surface area (Å²) in [6.07, 6.45) is -2.91. The summed E-state index contributed by atoms with van der Waals surface area (Å²) in [6.45, 7) is -0.422. The van der Waals surface area contributed by atoms with Gasteiger partial charge in [-0.2, -0.15) is 0 Å². The first kappa shape index (κ1) is 12.9. The molecule has 98 valence electrons. The maximum Gasteiger partial charge on any atom is 0.522 e. The number of rotatable bonds is 4. The fraction of sp³-hybridized carbons (Fsp3) is 0.333. The Morgan fingerprint density at radius 1 is 1.22 bits per heavy atom. The number of aliphatic hydroxyl groups excluding tert-OH is 1. The lowest BCUT2D eigenvalue weighted by Crippen LogP contribution is -2.17. The number of benzene rings is 1. The summed E-state index contributed by atoms with van der Waals surface area (Å²) in [7, 11) is 0. The molecule has 0 fully saturated rings. The highest BCUT2D eigenvalue weighted by Gasteiger charge is 2.28. The quantitative estimate of drug-likeness (QED) is 0.916. The number of halogens is 3. The van der Waals surface area contributed by atoms with Crippen molar-refractivity contribution >= 4 is 10.9 Å². The highest BCUT2D eigenvalue weighted by atomic mass is 19.4. The first-order chi connectivity index (χ1) is 8.51. The summed E-state index contributed by atoms with van der Waals surface area (Å²) in [6, 6.07) is 7.10. The Bertz CT molecular complexity index is 534. The van der Waals surface area contributed by atoms with Crippen molar-refractivity contribution in [3.63, 3.8) is 0 Å². The molecule has 2 aromatic rings. The van der Waals surface area contributed by atoms with Crippen molar-refractivity contribution in [3.05, 3.63) is 36.0 Å². The van der Waals surface area contributed by atoms with Gasteiger partial charge in [0.05, 0.1) is 13.2 Å². The highest BCUT2D eigenvalue weighted by Crippen LogP contribution is 2.21. The molecule has 0 aliphatic carbocycles. The standard InChI is InChI=1S/C12H12F3NO2/c13-12(14,15)18-7-6-16-5-4-10-9(8-17)2-1-3-11(10)16/h1-5,17H,6-8H2. The summed E-state index contributed by atoms with van der Waals surface area (Å²) in [5.74, 6) is 0. The van der Waals surface area contributed by atoms with E-state index < -0.39 is 13.0 Å². The van der Waals surface area contributed by atoms with E-state index in [2.05, 4.69) is 4.74 Å². The summed E-state index contributed by atoms with van der Waals surface area (Å²) >= 11 is 0. The van der Waals surface area contributed by atoms with E-state index in [-0.39, 0.29) is 13.2 Å². The van der Waals surface area contributed by atoms with Crippen molar-refractivity contribution in [3.8, 4) is 0 Å². The molecule has 0 saturated carbocycles. The predicted octanol–water partition coefficient (Wildman–Crippen LogP) is 2.67. The van der Waals surface area contributed by atoms with Crippen LogP contribution in [0.25, 0.3) is 10.9 Å². The fourth-order valence-electron chi connectivity index (χ4n) is 1.88. The Kier molecular flexibility index (Phi) is 3.58. The van der Waals surface area contributed by atoms with Crippen LogP contribution in [0.3, 0.4) is 0 Å². The number of fused-ring (bicyclic) bond motifs is 1. The van der Waals surface area contributed by atoms with E-state index in [1.165, 1.54) is 0 Å². The van der Waals surface area contributed by atoms with Gasteiger partial charge in [0, 0.05) is 23.6 Å². The Labute approximate surface area is 101 Å². The van der Waals surface area contributed by atoms with Crippen molar-refractivity contribution in [1.29, 1.82) is 0 Å². The third kappa shape index (κ3) is 2.83. The number of hydrogen-bond donors (Lipinski definition) is 1. The van der Waals surface area contributed by atoms with E-state index >= 15 is 0 Å². The van der Waals surface area contributed by atoms with Gasteiger partial charge < -0.3 is 9.67 Å². The lowest BCUT2D eigenvalue weighted by atomic mass is 10.1. The molecule has 0 atom stereocenters. The summed E-state index contributed by atoms with van der Waals surface area (Å²) in [5, 5.41) is 9.98. The molecule has 1 aromatic carbocycles. The van der Waals surface area contributed by atoms with Gasteiger partial charge in [-0.1, -0.05) is 12.1 Å². The van der Waals surface area contributed by atoms with Gasteiger partial charge in [0.15, 0.2) is 0 Å². The highest BCUT2D eigenvalue weighted by molar-refractivity contribution is 5.83. The number of hydrogen-bond acceptors (Lipinski definition) is 2. The number of alkyl halides is 3. The molecule has 1 N–H and O–H groups in total. The second kappa shape index (κ2) is 4.99. The number of aliphatic hydroxyl groups is 1. The topological polar surface area (TPSA) is 34.4 Å². The molecule has 18 heavy (non-hydrogen) atoms. The van der Waals surface area contributed by atoms with Crippen LogP contribution in [-0.4, -0.2) is 22.6 Å². The van der Waals surface area contributed by atoms with Gasteiger partial charge in [0.2, 0.25) is 0 Å². The van der Waals surface area contributed by atoms with E-state index in [9.17, 15) is 13.2 Å². The first-order valence-electron chi connectivity index (χ1n) is 5.39. The van der Waals surface area contributed by atoms with E-state index in [4.69, 9.17) is 5.11 Å². The van der Waals surface area contributed by atoms with Crippen LogP contribution in [0, 0.1) is 0 Å². The van der Waals surface area contributed by atoms with Gasteiger partial charge in [-0.15, -0.1) is 13.2 Å². The molecule has 0 saturated heterocycles. The normalized spacial score (nSPS) is 12.2. The van der Waals surface area contributed by atoms with Crippen LogP contribution < -0.4 is 0 Å². The van der Waals surface area contributed by atoms with Crippen LogP contribution in [0.2, 0.25) is 0 Å². The molecule has 1 heterocycles. The number of nitrogens with zero attached hydrogens (tertiary/aromatic N) is 1. The maximum absolute atomic E-state index is 11.9. The molecule has 6 heteroatoms. The molecule has 0 bridgehead atoms. The molecule has 0 aliphatic heterocycles. The zero-order valence-electron chi connectivity index (χ0n) is 9.44. The van der Waals surface area contributed by atoms with Crippen LogP contribution in [0.1, 0.15) is 5.56 Å². The number of aromatic nitrogens is 1. The molecule has 0 spiro atoms. The van der Waals surface area contributed by atoms with Gasteiger partial charge in [0.1, 0.15) is 0 Å². The van der Waals surface area contributed by atoms with Crippen molar-refractivity contribution in [2.45, 2.75) is 19.5 Å². The van der Waals surface area contributed by atoms with Crippen molar-refractivity contribution in [2.75, 3.05) is 6.61 Å². The SMILES string of the molecule is OCc1cccc2c1ccn2CCOC(F)(F)F. The summed E-state index contributed by atoms with van der Waals surface area (Å²) in [4.78, 5) is 0. The Morgan fingerprint density at radius 3 is 2.67 bits per heavy atom. The van der Waals surface area contributed by atoms with Gasteiger partial charge in [0.25, 0.3) is 0 Å². The predicted molar refractivity (Wildman–Crippen MR) is 59.9 cm³/mol. The largest absolute Gasteiger partial charge is 0.522 e. The second-order valence-corrected chi connectivity index (χ2v) is 3.81. The van der Waals surface area contributed by atoms with Crippen LogP contribution in [0.5, 0.6) is 0 Å². The van der Waals surface area contributed by atoms with E-state index in [0.717, 1.165) is 16.5 Å². The molecule has 0 radical (unpaired) electrons. The summed E-state index contributed by atoms with van der Waals surface area (Å²) in [5.41, 5.74) is 1.54. The average Bonchev–Trinajstić information content (AvgIpc) is 2.71. The molecular formula is C12H12F3NO2. The summed E-state index contributed by atoms with van der Waals surface area (Å²) < 4.78 is 41.0. The zero-order valence-corrected chi connectivity index (χ0v) is 9.44. The Hall–Kier alpha value is -1.53. The minimum Gasteiger partial charge on any atom is -0.392 e. The molecule has 0 unspecified atom stereocenters. The minimum atomic E-state index is -4.60. The van der Waals surface area contributed by atoms with Crippen molar-refractivity contribution in [1.82, 2.24) is 4.57 Å². The van der Waals surface area contributed by atoms with E-state index in [1.54, 1.807) is 35.0 Å². The molecule has 2 rings (SSSR count). The molecular weight excluding hydrogens is 247 g/mol. The van der Waals surface area contributed by atoms with Crippen LogP contribution in [0.4, 0.5) is 13.2 Å². The zero-order chi connectivity index (χ0) is 13.2. The smallest absolute Gasteiger partial charge is 0.392 e. The second-order valence-electron chi connectivity index (χ2n) is 3.81. The number of ether oxygens (including phenoxy) is 1. The Balaban J connectivity index is 2.15. The third-order valence-electron chi connectivity index (χ3n) is 2.67. The van der Waals surface area contributed by atoms with Crippen LogP contribution >= 0.6 is 0 Å². The fourth-order valence-corrected chi connectivity index (χ4v) is 1.88. The van der Waals surface area contributed by atoms with Gasteiger partial charge in [-0.25, -0.2) is 0 Å². The molecule has 3 nitrogen and oxygen atoms in total. The lowest BCUT2D eigenvalue weighted by Gasteiger charge is -2.09. The first-order valence-corrected chi connectivity index (χ1v) is 5.39. The average molecular weight is 259 g/mol. The monoisotopic (exact) mass is 259 g/mol. The molecule has 0 amide bonds. The minimum absolute atomic E-state index is 0.0968. The van der Waals surface area contributed by atoms with Crippen molar-refractivity contribution < 1.29 is 23.0 Å². The van der Waals surface area contributed by atoms with Gasteiger partial charge in [-0.05, 0) is 17.7 Å². The molecule has 1 aromatic heterocycles. The molecule has 0 aliphatic rings. The third-order valence-corrected chi connectivity index (χ3v) is 2.67. The van der Waals surface area contributed by atoms with Crippen LogP contribution in [-0.2, 0) is 17.9 Å². The van der Waals surface area contributed by atoms with Crippen LogP contribution in [0.15, 0.2) is 30.5 Å². The lowest BCUT2D eigenvalue weighted by molar-refractivity contribution is -0.325. The van der Waals surface area contributed by atoms with E-state index in [1.807, 2.05) is 0 Å². The van der Waals surface area contributed by atoms with E-state index in [0.29, 0.717) is 0 Å². The maximum atomic E-state index is 11.9. The Morgan fingerprint density at radius 2 is 2.00 bits per heavy atom. The van der Waals surface area contributed by atoms with Crippen molar-refractivity contribution in [2.24, 2.45) is 0 Å². The van der Waals surface area contributed by atoms with Gasteiger partial charge >= 0.3 is 6.36 Å².